The van der Waals surface area contributed by atoms with Crippen LogP contribution in [0.3, 0.4) is 0 Å². The zero-order valence-corrected chi connectivity index (χ0v) is 7.41. The number of ketones is 1. The Morgan fingerprint density at radius 1 is 1.50 bits per heavy atom. The van der Waals surface area contributed by atoms with Gasteiger partial charge in [0.2, 0.25) is 0 Å². The molecular formula is C8H15NO3. The third-order valence-electron chi connectivity index (χ3n) is 1.61. The number of aliphatic carboxylic acids is 1. The predicted octanol–water partition coefficient (Wildman–Crippen LogP) is 0.404. The third kappa shape index (κ3) is 4.85. The van der Waals surface area contributed by atoms with E-state index in [1.165, 1.54) is 6.92 Å². The molecule has 0 aromatic rings. The van der Waals surface area contributed by atoms with Gasteiger partial charge in [0, 0.05) is 6.42 Å². The fraction of sp³-hybridized carbons (Fsp3) is 0.750. The third-order valence-corrected chi connectivity index (χ3v) is 1.61. The number of carboxylic acids is 1. The van der Waals surface area contributed by atoms with Crippen LogP contribution in [-0.4, -0.2) is 22.9 Å². The molecule has 0 radical (unpaired) electrons. The second-order valence-corrected chi connectivity index (χ2v) is 3.19. The van der Waals surface area contributed by atoms with Crippen molar-refractivity contribution in [2.24, 2.45) is 11.7 Å². The maximum atomic E-state index is 10.6. The first-order chi connectivity index (χ1) is 5.43. The number of rotatable bonds is 5. The van der Waals surface area contributed by atoms with Crippen molar-refractivity contribution < 1.29 is 14.7 Å². The number of hydrogen-bond acceptors (Lipinski definition) is 3. The molecular weight excluding hydrogens is 158 g/mol. The molecule has 0 rings (SSSR count). The fourth-order valence-electron chi connectivity index (χ4n) is 1.11. The molecule has 4 nitrogen and oxygen atoms in total. The molecule has 0 aromatic heterocycles. The van der Waals surface area contributed by atoms with Crippen LogP contribution in [0, 0.1) is 5.92 Å². The highest BCUT2D eigenvalue weighted by Gasteiger charge is 2.16. The minimum atomic E-state index is -1.01. The summed E-state index contributed by atoms with van der Waals surface area (Å²) in [4.78, 5) is 20.9. The second kappa shape index (κ2) is 4.87. The molecule has 3 N–H and O–H groups in total. The highest BCUT2D eigenvalue weighted by Crippen LogP contribution is 2.09. The van der Waals surface area contributed by atoms with E-state index in [4.69, 9.17) is 10.8 Å². The monoisotopic (exact) mass is 173 g/mol. The van der Waals surface area contributed by atoms with E-state index < -0.39 is 12.0 Å². The van der Waals surface area contributed by atoms with Crippen LogP contribution in [-0.2, 0) is 9.59 Å². The van der Waals surface area contributed by atoms with Crippen molar-refractivity contribution in [1.82, 2.24) is 0 Å². The second-order valence-electron chi connectivity index (χ2n) is 3.19. The van der Waals surface area contributed by atoms with Crippen molar-refractivity contribution >= 4 is 11.8 Å². The first-order valence-electron chi connectivity index (χ1n) is 3.91. The quantitative estimate of drug-likeness (QED) is 0.630. The average molecular weight is 173 g/mol. The molecule has 0 saturated heterocycles. The summed E-state index contributed by atoms with van der Waals surface area (Å²) in [6.45, 7) is 3.31. The maximum Gasteiger partial charge on any atom is 0.320 e. The van der Waals surface area contributed by atoms with Crippen LogP contribution in [0.1, 0.15) is 26.7 Å². The Bertz CT molecular complexity index is 179. The highest BCUT2D eigenvalue weighted by molar-refractivity contribution is 5.76. The number of nitrogens with two attached hydrogens (primary N) is 1. The molecule has 0 amide bonds. The minimum Gasteiger partial charge on any atom is -0.480 e. The zero-order chi connectivity index (χ0) is 9.72. The van der Waals surface area contributed by atoms with Crippen LogP contribution in [0.15, 0.2) is 0 Å². The minimum absolute atomic E-state index is 0.0496. The lowest BCUT2D eigenvalue weighted by molar-refractivity contribution is -0.139. The molecule has 0 aliphatic carbocycles. The standard InChI is InChI=1S/C8H15NO3/c1-5(3-6(2)10)4-7(9)8(11)12/h5,7H,3-4,9H2,1-2H3,(H,11,12)/t5?,7-/m1/s1. The normalized spacial score (nSPS) is 15.2. The lowest BCUT2D eigenvalue weighted by atomic mass is 9.97. The number of carbonyl (C=O) groups is 2. The molecule has 2 atom stereocenters. The van der Waals surface area contributed by atoms with Gasteiger partial charge in [0.05, 0.1) is 0 Å². The Kier molecular flexibility index (Phi) is 4.51. The maximum absolute atomic E-state index is 10.6. The molecule has 0 aliphatic rings. The van der Waals surface area contributed by atoms with E-state index in [0.717, 1.165) is 0 Å². The van der Waals surface area contributed by atoms with Crippen LogP contribution in [0.4, 0.5) is 0 Å². The summed E-state index contributed by atoms with van der Waals surface area (Å²) in [7, 11) is 0. The molecule has 0 aromatic carbocycles. The molecule has 0 spiro atoms. The van der Waals surface area contributed by atoms with E-state index in [1.54, 1.807) is 0 Å². The van der Waals surface area contributed by atoms with Crippen molar-refractivity contribution in [3.05, 3.63) is 0 Å². The smallest absolute Gasteiger partial charge is 0.320 e. The summed E-state index contributed by atoms with van der Waals surface area (Å²) >= 11 is 0. The van der Waals surface area contributed by atoms with Gasteiger partial charge in [0.15, 0.2) is 0 Å². The largest absolute Gasteiger partial charge is 0.480 e. The fourth-order valence-corrected chi connectivity index (χ4v) is 1.11. The van der Waals surface area contributed by atoms with Crippen LogP contribution < -0.4 is 5.73 Å². The van der Waals surface area contributed by atoms with E-state index in [9.17, 15) is 9.59 Å². The number of carbonyl (C=O) groups excluding carboxylic acids is 1. The van der Waals surface area contributed by atoms with Gasteiger partial charge >= 0.3 is 5.97 Å². The number of hydrogen-bond donors (Lipinski definition) is 2. The summed E-state index contributed by atoms with van der Waals surface area (Å²) < 4.78 is 0. The molecule has 0 fully saturated rings. The summed E-state index contributed by atoms with van der Waals surface area (Å²) in [6, 6.07) is -0.848. The number of carboxylic acid groups (broad SMARTS) is 1. The van der Waals surface area contributed by atoms with Gasteiger partial charge in [-0.1, -0.05) is 6.92 Å². The average Bonchev–Trinajstić information content (AvgIpc) is 1.84. The van der Waals surface area contributed by atoms with Crippen molar-refractivity contribution in [2.75, 3.05) is 0 Å². The first kappa shape index (κ1) is 11.1. The Hall–Kier alpha value is -0.900. The van der Waals surface area contributed by atoms with Crippen LogP contribution in [0.5, 0.6) is 0 Å². The molecule has 1 unspecified atom stereocenters. The van der Waals surface area contributed by atoms with Crippen LogP contribution in [0.2, 0.25) is 0 Å². The lowest BCUT2D eigenvalue weighted by Crippen LogP contribution is -2.32. The van der Waals surface area contributed by atoms with E-state index in [0.29, 0.717) is 12.8 Å². The van der Waals surface area contributed by atoms with E-state index in [1.807, 2.05) is 6.92 Å². The summed E-state index contributed by atoms with van der Waals surface area (Å²) in [6.07, 6.45) is 0.760. The molecule has 0 heterocycles. The Morgan fingerprint density at radius 3 is 2.33 bits per heavy atom. The Morgan fingerprint density at radius 2 is 2.00 bits per heavy atom. The summed E-state index contributed by atoms with van der Waals surface area (Å²) in [5.41, 5.74) is 5.28. The summed E-state index contributed by atoms with van der Waals surface area (Å²) in [5, 5.41) is 8.46. The van der Waals surface area contributed by atoms with Crippen molar-refractivity contribution in [3.8, 4) is 0 Å². The lowest BCUT2D eigenvalue weighted by Gasteiger charge is -2.11. The Labute approximate surface area is 71.8 Å². The predicted molar refractivity (Wildman–Crippen MR) is 44.7 cm³/mol. The van der Waals surface area contributed by atoms with Crippen molar-refractivity contribution in [3.63, 3.8) is 0 Å². The van der Waals surface area contributed by atoms with Gasteiger partial charge < -0.3 is 15.6 Å². The molecule has 0 aliphatic heterocycles. The zero-order valence-electron chi connectivity index (χ0n) is 7.41. The molecule has 0 saturated carbocycles. The van der Waals surface area contributed by atoms with Crippen molar-refractivity contribution in [1.29, 1.82) is 0 Å². The Balaban J connectivity index is 3.76. The van der Waals surface area contributed by atoms with Crippen molar-refractivity contribution in [2.45, 2.75) is 32.7 Å². The van der Waals surface area contributed by atoms with Gasteiger partial charge in [-0.15, -0.1) is 0 Å². The molecule has 0 bridgehead atoms. The van der Waals surface area contributed by atoms with E-state index in [-0.39, 0.29) is 11.7 Å². The van der Waals surface area contributed by atoms with Crippen LogP contribution >= 0.6 is 0 Å². The summed E-state index contributed by atoms with van der Waals surface area (Å²) in [5.74, 6) is -0.890. The van der Waals surface area contributed by atoms with Gasteiger partial charge in [-0.25, -0.2) is 0 Å². The SMILES string of the molecule is CC(=O)CC(C)C[C@@H](N)C(=O)O. The number of Topliss-reactive ketones (excluding diaryl/α,β-unsaturated/α-hetero) is 1. The van der Waals surface area contributed by atoms with Gasteiger partial charge in [-0.3, -0.25) is 4.79 Å². The van der Waals surface area contributed by atoms with Gasteiger partial charge in [-0.05, 0) is 19.3 Å². The van der Waals surface area contributed by atoms with Gasteiger partial charge in [0.25, 0.3) is 0 Å². The molecule has 12 heavy (non-hydrogen) atoms. The van der Waals surface area contributed by atoms with Crippen LogP contribution in [0.25, 0.3) is 0 Å². The van der Waals surface area contributed by atoms with Gasteiger partial charge in [-0.2, -0.15) is 0 Å². The topological polar surface area (TPSA) is 80.4 Å². The molecule has 4 heteroatoms. The highest BCUT2D eigenvalue weighted by atomic mass is 16.4. The molecule has 70 valence electrons. The van der Waals surface area contributed by atoms with Gasteiger partial charge in [0.1, 0.15) is 11.8 Å². The van der Waals surface area contributed by atoms with E-state index in [2.05, 4.69) is 0 Å². The van der Waals surface area contributed by atoms with E-state index >= 15 is 0 Å². The first-order valence-corrected chi connectivity index (χ1v) is 3.91.